The number of hydrogen-bond acceptors (Lipinski definition) is 6. The van der Waals surface area contributed by atoms with Crippen molar-refractivity contribution in [1.29, 1.82) is 0 Å². The highest BCUT2D eigenvalue weighted by molar-refractivity contribution is 6.39. The first-order valence-corrected chi connectivity index (χ1v) is 10.3. The van der Waals surface area contributed by atoms with Gasteiger partial charge >= 0.3 is 11.8 Å². The van der Waals surface area contributed by atoms with Crippen molar-refractivity contribution in [2.75, 3.05) is 64.3 Å². The van der Waals surface area contributed by atoms with Crippen molar-refractivity contribution in [3.8, 4) is 5.75 Å². The third-order valence-electron chi connectivity index (χ3n) is 5.29. The average molecular weight is 427 g/mol. The fraction of sp³-hybridized carbons (Fsp3) is 0.391. The monoisotopic (exact) mass is 426 g/mol. The number of amides is 2. The number of morpholine rings is 1. The van der Waals surface area contributed by atoms with E-state index in [1.54, 1.807) is 31.4 Å². The molecular formula is C23H30N4O4. The van der Waals surface area contributed by atoms with Crippen LogP contribution in [0.25, 0.3) is 0 Å². The van der Waals surface area contributed by atoms with E-state index in [2.05, 4.69) is 39.8 Å². The zero-order valence-electron chi connectivity index (χ0n) is 18.3. The van der Waals surface area contributed by atoms with Crippen molar-refractivity contribution in [3.63, 3.8) is 0 Å². The van der Waals surface area contributed by atoms with Gasteiger partial charge in [-0.2, -0.15) is 0 Å². The molecule has 3 rings (SSSR count). The van der Waals surface area contributed by atoms with Gasteiger partial charge in [0.25, 0.3) is 0 Å². The Hall–Kier alpha value is -3.10. The van der Waals surface area contributed by atoms with Gasteiger partial charge in [-0.25, -0.2) is 0 Å². The number of nitrogens with one attached hydrogen (secondary N) is 2. The molecule has 2 aromatic rings. The van der Waals surface area contributed by atoms with Gasteiger partial charge in [0.2, 0.25) is 0 Å². The van der Waals surface area contributed by atoms with Gasteiger partial charge in [-0.1, -0.05) is 12.1 Å². The highest BCUT2D eigenvalue weighted by Crippen LogP contribution is 2.24. The van der Waals surface area contributed by atoms with Gasteiger partial charge in [0.15, 0.2) is 0 Å². The van der Waals surface area contributed by atoms with Gasteiger partial charge in [-0.05, 0) is 42.0 Å². The normalized spacial score (nSPS) is 15.1. The second kappa shape index (κ2) is 10.8. The summed E-state index contributed by atoms with van der Waals surface area (Å²) in [5.74, 6) is -0.691. The maximum absolute atomic E-state index is 12.4. The molecule has 2 amide bonds. The van der Waals surface area contributed by atoms with E-state index in [-0.39, 0.29) is 6.04 Å². The summed E-state index contributed by atoms with van der Waals surface area (Å²) in [6.45, 7) is 3.18. The van der Waals surface area contributed by atoms with Crippen LogP contribution in [0, 0.1) is 0 Å². The first kappa shape index (κ1) is 22.6. The fourth-order valence-electron chi connectivity index (χ4n) is 3.47. The Morgan fingerprint density at radius 2 is 1.68 bits per heavy atom. The number of benzene rings is 2. The molecule has 1 heterocycles. The third kappa shape index (κ3) is 6.19. The lowest BCUT2D eigenvalue weighted by atomic mass is 10.0. The predicted octanol–water partition coefficient (Wildman–Crippen LogP) is 1.89. The molecule has 8 nitrogen and oxygen atoms in total. The second-order valence-corrected chi connectivity index (χ2v) is 7.54. The molecule has 0 bridgehead atoms. The summed E-state index contributed by atoms with van der Waals surface area (Å²) in [5.41, 5.74) is 2.72. The number of carbonyl (C=O) groups excluding carboxylic acids is 2. The average Bonchev–Trinajstić information content (AvgIpc) is 2.80. The standard InChI is InChI=1S/C23H30N4O4/c1-26(2)19-8-4-17(5-9-19)21(27-12-14-31-15-13-27)16-24-22(28)23(29)25-18-6-10-20(30-3)11-7-18/h4-11,21H,12-16H2,1-3H3,(H,24,28)(H,25,29)/t21-/m0/s1. The smallest absolute Gasteiger partial charge is 0.313 e. The van der Waals surface area contributed by atoms with Crippen molar-refractivity contribution in [3.05, 3.63) is 54.1 Å². The third-order valence-corrected chi connectivity index (χ3v) is 5.29. The van der Waals surface area contributed by atoms with Gasteiger partial charge in [0.1, 0.15) is 5.75 Å². The topological polar surface area (TPSA) is 83.1 Å². The van der Waals surface area contributed by atoms with E-state index in [9.17, 15) is 9.59 Å². The van der Waals surface area contributed by atoms with Crippen LogP contribution < -0.4 is 20.3 Å². The van der Waals surface area contributed by atoms with E-state index >= 15 is 0 Å². The number of carbonyl (C=O) groups is 2. The first-order chi connectivity index (χ1) is 15.0. The molecule has 0 spiro atoms. The number of hydrogen-bond donors (Lipinski definition) is 2. The minimum atomic E-state index is -0.700. The SMILES string of the molecule is COc1ccc(NC(=O)C(=O)NC[C@@H](c2ccc(N(C)C)cc2)N2CCOCC2)cc1. The van der Waals surface area contributed by atoms with Crippen LogP contribution in [-0.2, 0) is 14.3 Å². The van der Waals surface area contributed by atoms with Crippen LogP contribution in [0.1, 0.15) is 11.6 Å². The lowest BCUT2D eigenvalue weighted by Gasteiger charge is -2.35. The Bertz CT molecular complexity index is 862. The van der Waals surface area contributed by atoms with Crippen molar-refractivity contribution in [2.24, 2.45) is 0 Å². The first-order valence-electron chi connectivity index (χ1n) is 10.3. The van der Waals surface area contributed by atoms with Crippen molar-refractivity contribution < 1.29 is 19.1 Å². The van der Waals surface area contributed by atoms with Crippen LogP contribution in [-0.4, -0.2) is 70.8 Å². The molecule has 0 saturated carbocycles. The van der Waals surface area contributed by atoms with E-state index in [4.69, 9.17) is 9.47 Å². The fourth-order valence-corrected chi connectivity index (χ4v) is 3.47. The molecule has 0 radical (unpaired) electrons. The highest BCUT2D eigenvalue weighted by Gasteiger charge is 2.24. The summed E-state index contributed by atoms with van der Waals surface area (Å²) in [7, 11) is 5.56. The molecule has 0 unspecified atom stereocenters. The molecule has 0 aromatic heterocycles. The Morgan fingerprint density at radius 1 is 1.03 bits per heavy atom. The zero-order chi connectivity index (χ0) is 22.2. The van der Waals surface area contributed by atoms with E-state index in [0.717, 1.165) is 24.3 Å². The van der Waals surface area contributed by atoms with Gasteiger partial charge < -0.3 is 25.0 Å². The second-order valence-electron chi connectivity index (χ2n) is 7.54. The van der Waals surface area contributed by atoms with Crippen molar-refractivity contribution >= 4 is 23.2 Å². The molecule has 1 saturated heterocycles. The molecule has 8 heteroatoms. The van der Waals surface area contributed by atoms with Crippen LogP contribution in [0.4, 0.5) is 11.4 Å². The summed E-state index contributed by atoms with van der Waals surface area (Å²) >= 11 is 0. The van der Waals surface area contributed by atoms with Crippen LogP contribution >= 0.6 is 0 Å². The zero-order valence-corrected chi connectivity index (χ0v) is 18.3. The number of methoxy groups -OCH3 is 1. The largest absolute Gasteiger partial charge is 0.497 e. The summed E-state index contributed by atoms with van der Waals surface area (Å²) in [5, 5.41) is 5.40. The lowest BCUT2D eigenvalue weighted by molar-refractivity contribution is -0.136. The molecule has 1 fully saturated rings. The summed E-state index contributed by atoms with van der Waals surface area (Å²) in [6.07, 6.45) is 0. The minimum absolute atomic E-state index is 0.0437. The quantitative estimate of drug-likeness (QED) is 0.658. The number of anilines is 2. The Labute approximate surface area is 183 Å². The van der Waals surface area contributed by atoms with E-state index < -0.39 is 11.8 Å². The molecule has 1 aliphatic rings. The van der Waals surface area contributed by atoms with E-state index in [1.165, 1.54) is 0 Å². The van der Waals surface area contributed by atoms with Crippen LogP contribution in [0.15, 0.2) is 48.5 Å². The van der Waals surface area contributed by atoms with E-state index in [0.29, 0.717) is 31.2 Å². The molecule has 2 N–H and O–H groups in total. The van der Waals surface area contributed by atoms with Crippen LogP contribution in [0.3, 0.4) is 0 Å². The van der Waals surface area contributed by atoms with Crippen LogP contribution in [0.2, 0.25) is 0 Å². The van der Waals surface area contributed by atoms with Crippen molar-refractivity contribution in [1.82, 2.24) is 10.2 Å². The molecule has 0 aliphatic carbocycles. The van der Waals surface area contributed by atoms with Gasteiger partial charge in [-0.3, -0.25) is 14.5 Å². The van der Waals surface area contributed by atoms with Crippen molar-refractivity contribution in [2.45, 2.75) is 6.04 Å². The number of rotatable bonds is 7. The Morgan fingerprint density at radius 3 is 2.26 bits per heavy atom. The van der Waals surface area contributed by atoms with Gasteiger partial charge in [0.05, 0.1) is 26.4 Å². The maximum atomic E-state index is 12.4. The van der Waals surface area contributed by atoms with Gasteiger partial charge in [-0.15, -0.1) is 0 Å². The van der Waals surface area contributed by atoms with Crippen LogP contribution in [0.5, 0.6) is 5.75 Å². The summed E-state index contributed by atoms with van der Waals surface area (Å²) in [4.78, 5) is 29.1. The Balaban J connectivity index is 1.64. The van der Waals surface area contributed by atoms with Gasteiger partial charge in [0, 0.05) is 45.1 Å². The number of nitrogens with zero attached hydrogens (tertiary/aromatic N) is 2. The highest BCUT2D eigenvalue weighted by atomic mass is 16.5. The molecule has 2 aromatic carbocycles. The Kier molecular flexibility index (Phi) is 7.86. The van der Waals surface area contributed by atoms with E-state index in [1.807, 2.05) is 19.0 Å². The molecule has 1 atom stereocenters. The number of ether oxygens (including phenoxy) is 2. The molecule has 1 aliphatic heterocycles. The molecular weight excluding hydrogens is 396 g/mol. The minimum Gasteiger partial charge on any atom is -0.497 e. The maximum Gasteiger partial charge on any atom is 0.313 e. The summed E-state index contributed by atoms with van der Waals surface area (Å²) < 4.78 is 10.6. The predicted molar refractivity (Wildman–Crippen MR) is 121 cm³/mol. The molecule has 31 heavy (non-hydrogen) atoms. The lowest BCUT2D eigenvalue weighted by Crippen LogP contribution is -2.45. The summed E-state index contributed by atoms with van der Waals surface area (Å²) in [6, 6.07) is 15.0. The molecule has 166 valence electrons.